The third-order valence-corrected chi connectivity index (χ3v) is 3.57. The van der Waals surface area contributed by atoms with Gasteiger partial charge in [0.15, 0.2) is 0 Å². The van der Waals surface area contributed by atoms with Crippen LogP contribution in [0.2, 0.25) is 0 Å². The maximum atomic E-state index is 13.6. The molecule has 0 spiro atoms. The van der Waals surface area contributed by atoms with Crippen LogP contribution in [0.5, 0.6) is 0 Å². The van der Waals surface area contributed by atoms with Crippen LogP contribution < -0.4 is 5.73 Å². The molecule has 0 saturated carbocycles. The number of hydrogen-bond acceptors (Lipinski definition) is 3. The molecule has 1 heterocycles. The van der Waals surface area contributed by atoms with E-state index in [1.165, 1.54) is 12.5 Å². The van der Waals surface area contributed by atoms with Crippen molar-refractivity contribution >= 4 is 0 Å². The smallest absolute Gasteiger partial charge is 0.138 e. The van der Waals surface area contributed by atoms with E-state index in [1.54, 1.807) is 0 Å². The first kappa shape index (κ1) is 15.0. The van der Waals surface area contributed by atoms with Crippen LogP contribution in [-0.2, 0) is 6.54 Å². The first-order valence-electron chi connectivity index (χ1n) is 7.07. The van der Waals surface area contributed by atoms with E-state index in [9.17, 15) is 4.39 Å². The van der Waals surface area contributed by atoms with Gasteiger partial charge in [-0.15, -0.1) is 0 Å². The van der Waals surface area contributed by atoms with Gasteiger partial charge in [-0.05, 0) is 44.3 Å². The summed E-state index contributed by atoms with van der Waals surface area (Å²) >= 11 is 0. The van der Waals surface area contributed by atoms with Crippen LogP contribution in [0.25, 0.3) is 0 Å². The van der Waals surface area contributed by atoms with E-state index < -0.39 is 0 Å². The molecular weight excluding hydrogens is 253 g/mol. The summed E-state index contributed by atoms with van der Waals surface area (Å²) in [5, 5.41) is 0. The number of nitrogens with zero attached hydrogens (tertiary/aromatic N) is 2. The molecule has 0 bridgehead atoms. The molecule has 1 aromatic carbocycles. The van der Waals surface area contributed by atoms with Gasteiger partial charge < -0.3 is 10.6 Å². The summed E-state index contributed by atoms with van der Waals surface area (Å²) < 4.78 is 13.6. The maximum Gasteiger partial charge on any atom is 0.138 e. The number of benzene rings is 1. The molecule has 0 atom stereocenters. The monoisotopic (exact) mass is 275 g/mol. The molecule has 0 aromatic heterocycles. The molecule has 108 valence electrons. The number of rotatable bonds is 2. The summed E-state index contributed by atoms with van der Waals surface area (Å²) in [5.74, 6) is 5.23. The van der Waals surface area contributed by atoms with E-state index in [0.717, 1.165) is 38.3 Å². The van der Waals surface area contributed by atoms with E-state index in [2.05, 4.69) is 28.7 Å². The van der Waals surface area contributed by atoms with Gasteiger partial charge in [-0.1, -0.05) is 17.9 Å². The summed E-state index contributed by atoms with van der Waals surface area (Å²) in [6.45, 7) is 5.48. The van der Waals surface area contributed by atoms with Crippen LogP contribution in [0.3, 0.4) is 0 Å². The number of likely N-dealkylation sites (N-methyl/N-ethyl adjacent to an activating group) is 1. The minimum Gasteiger partial charge on any atom is -0.320 e. The van der Waals surface area contributed by atoms with Crippen LogP contribution in [0, 0.1) is 17.7 Å². The van der Waals surface area contributed by atoms with Crippen LogP contribution >= 0.6 is 0 Å². The van der Waals surface area contributed by atoms with E-state index in [1.807, 2.05) is 12.1 Å². The van der Waals surface area contributed by atoms with Crippen molar-refractivity contribution < 1.29 is 4.39 Å². The lowest BCUT2D eigenvalue weighted by Gasteiger charge is -2.20. The van der Waals surface area contributed by atoms with Gasteiger partial charge in [-0.25, -0.2) is 4.39 Å². The maximum absolute atomic E-state index is 13.6. The Morgan fingerprint density at radius 2 is 2.10 bits per heavy atom. The van der Waals surface area contributed by atoms with Gasteiger partial charge in [0.05, 0.1) is 12.1 Å². The first-order chi connectivity index (χ1) is 9.69. The van der Waals surface area contributed by atoms with Crippen molar-refractivity contribution in [2.75, 3.05) is 39.8 Å². The fourth-order valence-electron chi connectivity index (χ4n) is 2.43. The largest absolute Gasteiger partial charge is 0.320 e. The van der Waals surface area contributed by atoms with Crippen molar-refractivity contribution in [3.63, 3.8) is 0 Å². The van der Waals surface area contributed by atoms with Gasteiger partial charge in [0.1, 0.15) is 5.82 Å². The Labute approximate surface area is 120 Å². The van der Waals surface area contributed by atoms with Gasteiger partial charge in [-0.3, -0.25) is 4.90 Å². The minimum absolute atomic E-state index is 0.252. The summed E-state index contributed by atoms with van der Waals surface area (Å²) in [6, 6.07) is 5.18. The Bertz CT molecular complexity index is 504. The molecule has 20 heavy (non-hydrogen) atoms. The average molecular weight is 275 g/mol. The second-order valence-electron chi connectivity index (χ2n) is 5.25. The molecule has 0 radical (unpaired) electrons. The fourth-order valence-corrected chi connectivity index (χ4v) is 2.43. The van der Waals surface area contributed by atoms with E-state index in [4.69, 9.17) is 5.73 Å². The van der Waals surface area contributed by atoms with Crippen molar-refractivity contribution in [1.82, 2.24) is 9.80 Å². The SMILES string of the molecule is CN1CCCN(Cc2ccc(F)c(C#CCN)c2)CC1. The zero-order valence-corrected chi connectivity index (χ0v) is 12.0. The molecule has 1 aromatic rings. The fraction of sp³-hybridized carbons (Fsp3) is 0.500. The molecular formula is C16H22FN3. The second-order valence-corrected chi connectivity index (χ2v) is 5.25. The third-order valence-electron chi connectivity index (χ3n) is 3.57. The summed E-state index contributed by atoms with van der Waals surface area (Å²) in [4.78, 5) is 4.76. The van der Waals surface area contributed by atoms with Crippen LogP contribution in [0.4, 0.5) is 4.39 Å². The Morgan fingerprint density at radius 1 is 1.25 bits per heavy atom. The Hall–Kier alpha value is -1.41. The molecule has 0 aliphatic carbocycles. The number of hydrogen-bond donors (Lipinski definition) is 1. The lowest BCUT2D eigenvalue weighted by molar-refractivity contribution is 0.269. The van der Waals surface area contributed by atoms with E-state index in [0.29, 0.717) is 5.56 Å². The van der Waals surface area contributed by atoms with Crippen molar-refractivity contribution in [1.29, 1.82) is 0 Å². The Morgan fingerprint density at radius 3 is 2.90 bits per heavy atom. The van der Waals surface area contributed by atoms with Gasteiger partial charge >= 0.3 is 0 Å². The third kappa shape index (κ3) is 4.31. The Balaban J connectivity index is 2.05. The molecule has 1 aliphatic rings. The van der Waals surface area contributed by atoms with Crippen molar-refractivity contribution in [3.05, 3.63) is 35.1 Å². The lowest BCUT2D eigenvalue weighted by atomic mass is 10.1. The highest BCUT2D eigenvalue weighted by molar-refractivity contribution is 5.38. The molecule has 0 amide bonds. The average Bonchev–Trinajstić information content (AvgIpc) is 2.64. The number of halogens is 1. The zero-order chi connectivity index (χ0) is 14.4. The van der Waals surface area contributed by atoms with Crippen molar-refractivity contribution in [3.8, 4) is 11.8 Å². The zero-order valence-electron chi connectivity index (χ0n) is 12.0. The Kier molecular flexibility index (Phi) is 5.54. The first-order valence-corrected chi connectivity index (χ1v) is 7.07. The summed E-state index contributed by atoms with van der Waals surface area (Å²) in [7, 11) is 2.15. The summed E-state index contributed by atoms with van der Waals surface area (Å²) in [5.41, 5.74) is 6.89. The van der Waals surface area contributed by atoms with Gasteiger partial charge in [0, 0.05) is 19.6 Å². The molecule has 2 N–H and O–H groups in total. The number of nitrogens with two attached hydrogens (primary N) is 1. The predicted octanol–water partition coefficient (Wildman–Crippen LogP) is 1.27. The summed E-state index contributed by atoms with van der Waals surface area (Å²) in [6.07, 6.45) is 1.18. The molecule has 4 heteroatoms. The molecule has 3 nitrogen and oxygen atoms in total. The van der Waals surface area contributed by atoms with Gasteiger partial charge in [-0.2, -0.15) is 0 Å². The predicted molar refractivity (Wildman–Crippen MR) is 79.7 cm³/mol. The van der Waals surface area contributed by atoms with E-state index in [-0.39, 0.29) is 12.4 Å². The van der Waals surface area contributed by atoms with Crippen LogP contribution in [0.15, 0.2) is 18.2 Å². The highest BCUT2D eigenvalue weighted by Crippen LogP contribution is 2.13. The molecule has 0 unspecified atom stereocenters. The molecule has 1 saturated heterocycles. The quantitative estimate of drug-likeness (QED) is 0.825. The van der Waals surface area contributed by atoms with Gasteiger partial charge in [0.2, 0.25) is 0 Å². The standard InChI is InChI=1S/C16H22FN3/c1-19-8-3-9-20(11-10-19)13-14-5-6-16(17)15(12-14)4-2-7-18/h5-6,12H,3,7-11,13,18H2,1H3. The molecule has 1 fully saturated rings. The van der Waals surface area contributed by atoms with Crippen LogP contribution in [-0.4, -0.2) is 49.6 Å². The van der Waals surface area contributed by atoms with Crippen LogP contribution in [0.1, 0.15) is 17.5 Å². The van der Waals surface area contributed by atoms with Crippen molar-refractivity contribution in [2.45, 2.75) is 13.0 Å². The highest BCUT2D eigenvalue weighted by atomic mass is 19.1. The van der Waals surface area contributed by atoms with Gasteiger partial charge in [0.25, 0.3) is 0 Å². The molecule has 2 rings (SSSR count). The second kappa shape index (κ2) is 7.39. The lowest BCUT2D eigenvalue weighted by Crippen LogP contribution is -2.28. The molecule has 1 aliphatic heterocycles. The minimum atomic E-state index is -0.273. The van der Waals surface area contributed by atoms with E-state index >= 15 is 0 Å². The highest BCUT2D eigenvalue weighted by Gasteiger charge is 2.12. The topological polar surface area (TPSA) is 32.5 Å². The van der Waals surface area contributed by atoms with Crippen molar-refractivity contribution in [2.24, 2.45) is 5.73 Å². The normalized spacial score (nSPS) is 17.4.